The lowest BCUT2D eigenvalue weighted by Gasteiger charge is -2.25. The molecule has 0 spiro atoms. The van der Waals surface area contributed by atoms with Crippen molar-refractivity contribution in [3.63, 3.8) is 0 Å². The molecule has 2 N–H and O–H groups in total. The predicted molar refractivity (Wildman–Crippen MR) is 64.8 cm³/mol. The van der Waals surface area contributed by atoms with E-state index in [1.165, 1.54) is 0 Å². The number of carbonyl (C=O) groups excluding carboxylic acids is 1. The van der Waals surface area contributed by atoms with Gasteiger partial charge in [0.05, 0.1) is 6.04 Å². The van der Waals surface area contributed by atoms with Crippen LogP contribution in [0.5, 0.6) is 0 Å². The molecule has 0 saturated heterocycles. The van der Waals surface area contributed by atoms with Gasteiger partial charge in [0.25, 0.3) is 0 Å². The van der Waals surface area contributed by atoms with Gasteiger partial charge in [-0.05, 0) is 26.7 Å². The van der Waals surface area contributed by atoms with Crippen molar-refractivity contribution >= 4 is 5.91 Å². The number of nitrogens with one attached hydrogen (secondary N) is 2. The average molecular weight is 214 g/mol. The van der Waals surface area contributed by atoms with Gasteiger partial charge in [-0.1, -0.05) is 26.7 Å². The van der Waals surface area contributed by atoms with Crippen molar-refractivity contribution in [2.24, 2.45) is 5.92 Å². The highest BCUT2D eigenvalue weighted by molar-refractivity contribution is 5.81. The fourth-order valence-electron chi connectivity index (χ4n) is 1.93. The molecule has 3 heteroatoms. The van der Waals surface area contributed by atoms with Crippen molar-refractivity contribution in [1.82, 2.24) is 10.6 Å². The summed E-state index contributed by atoms with van der Waals surface area (Å²) >= 11 is 0. The zero-order chi connectivity index (χ0) is 11.8. The topological polar surface area (TPSA) is 41.1 Å². The second-order valence-corrected chi connectivity index (χ2v) is 4.15. The molecule has 0 aromatic carbocycles. The van der Waals surface area contributed by atoms with Crippen molar-refractivity contribution in [3.8, 4) is 0 Å². The molecule has 0 radical (unpaired) electrons. The minimum Gasteiger partial charge on any atom is -0.355 e. The Bertz CT molecular complexity index is 178. The van der Waals surface area contributed by atoms with Crippen LogP contribution in [0.2, 0.25) is 0 Å². The summed E-state index contributed by atoms with van der Waals surface area (Å²) in [6, 6.07) is 0.304. The summed E-state index contributed by atoms with van der Waals surface area (Å²) in [5, 5.41) is 6.18. The third-order valence-electron chi connectivity index (χ3n) is 3.01. The highest BCUT2D eigenvalue weighted by Crippen LogP contribution is 2.12. The molecule has 3 nitrogen and oxygen atoms in total. The normalized spacial score (nSPS) is 15.1. The molecule has 0 aliphatic heterocycles. The molecule has 0 rings (SSSR count). The van der Waals surface area contributed by atoms with E-state index in [-0.39, 0.29) is 11.9 Å². The lowest BCUT2D eigenvalue weighted by atomic mass is 9.95. The van der Waals surface area contributed by atoms with E-state index in [1.54, 1.807) is 0 Å². The Hall–Kier alpha value is -0.570. The Kier molecular flexibility index (Phi) is 7.39. The molecule has 0 fully saturated rings. The number of rotatable bonds is 7. The van der Waals surface area contributed by atoms with Crippen LogP contribution >= 0.6 is 0 Å². The summed E-state index contributed by atoms with van der Waals surface area (Å²) < 4.78 is 0. The Balaban J connectivity index is 4.04. The van der Waals surface area contributed by atoms with Gasteiger partial charge in [0, 0.05) is 12.6 Å². The summed E-state index contributed by atoms with van der Waals surface area (Å²) in [4.78, 5) is 11.5. The van der Waals surface area contributed by atoms with Gasteiger partial charge in [0.2, 0.25) is 5.91 Å². The fraction of sp³-hybridized carbons (Fsp3) is 0.917. The summed E-state index contributed by atoms with van der Waals surface area (Å²) in [6.45, 7) is 11.1. The minimum atomic E-state index is -0.0967. The highest BCUT2D eigenvalue weighted by Gasteiger charge is 2.18. The molecule has 2 unspecified atom stereocenters. The van der Waals surface area contributed by atoms with E-state index in [0.29, 0.717) is 18.5 Å². The van der Waals surface area contributed by atoms with Gasteiger partial charge in [0.15, 0.2) is 0 Å². The van der Waals surface area contributed by atoms with E-state index in [9.17, 15) is 4.79 Å². The van der Waals surface area contributed by atoms with Gasteiger partial charge >= 0.3 is 0 Å². The number of amides is 1. The van der Waals surface area contributed by atoms with Gasteiger partial charge < -0.3 is 10.6 Å². The zero-order valence-corrected chi connectivity index (χ0v) is 10.8. The lowest BCUT2D eigenvalue weighted by molar-refractivity contribution is -0.122. The van der Waals surface area contributed by atoms with Crippen LogP contribution in [0.1, 0.15) is 47.5 Å². The van der Waals surface area contributed by atoms with Gasteiger partial charge in [-0.25, -0.2) is 0 Å². The van der Waals surface area contributed by atoms with E-state index in [4.69, 9.17) is 0 Å². The Morgan fingerprint density at radius 2 is 1.67 bits per heavy atom. The largest absolute Gasteiger partial charge is 0.355 e. The molecular weight excluding hydrogens is 188 g/mol. The van der Waals surface area contributed by atoms with Crippen molar-refractivity contribution < 1.29 is 4.79 Å². The Morgan fingerprint density at radius 1 is 1.13 bits per heavy atom. The van der Waals surface area contributed by atoms with E-state index in [0.717, 1.165) is 12.8 Å². The van der Waals surface area contributed by atoms with Crippen LogP contribution in [0.25, 0.3) is 0 Å². The maximum atomic E-state index is 11.5. The van der Waals surface area contributed by atoms with Crippen LogP contribution in [-0.4, -0.2) is 24.5 Å². The number of hydrogen-bond donors (Lipinski definition) is 2. The first-order valence-corrected chi connectivity index (χ1v) is 6.10. The molecule has 0 aromatic rings. The molecule has 0 bridgehead atoms. The van der Waals surface area contributed by atoms with Gasteiger partial charge in [-0.3, -0.25) is 4.79 Å². The van der Waals surface area contributed by atoms with Crippen LogP contribution < -0.4 is 10.6 Å². The maximum Gasteiger partial charge on any atom is 0.236 e. The third-order valence-corrected chi connectivity index (χ3v) is 3.01. The second kappa shape index (κ2) is 7.69. The van der Waals surface area contributed by atoms with Crippen LogP contribution in [0.3, 0.4) is 0 Å². The van der Waals surface area contributed by atoms with Gasteiger partial charge in [-0.2, -0.15) is 0 Å². The molecule has 0 heterocycles. The second-order valence-electron chi connectivity index (χ2n) is 4.15. The van der Waals surface area contributed by atoms with Crippen molar-refractivity contribution in [1.29, 1.82) is 0 Å². The SMILES string of the molecule is CCNC(=O)C(C)NC(C)C(CC)CC. The zero-order valence-electron chi connectivity index (χ0n) is 10.8. The molecule has 0 aliphatic carbocycles. The first-order chi connectivity index (χ1) is 7.06. The maximum absolute atomic E-state index is 11.5. The monoisotopic (exact) mass is 214 g/mol. The summed E-state index contributed by atoms with van der Waals surface area (Å²) in [7, 11) is 0. The van der Waals surface area contributed by atoms with Crippen molar-refractivity contribution in [3.05, 3.63) is 0 Å². The molecular formula is C12H26N2O. The van der Waals surface area contributed by atoms with Crippen molar-refractivity contribution in [2.75, 3.05) is 6.54 Å². The predicted octanol–water partition coefficient (Wildman–Crippen LogP) is 1.93. The van der Waals surface area contributed by atoms with Crippen molar-refractivity contribution in [2.45, 2.75) is 59.5 Å². The number of carbonyl (C=O) groups is 1. The van der Waals surface area contributed by atoms with Crippen LogP contribution in [0.4, 0.5) is 0 Å². The standard InChI is InChI=1S/C12H26N2O/c1-6-11(7-2)9(4)14-10(5)12(15)13-8-3/h9-11,14H,6-8H2,1-5H3,(H,13,15). The summed E-state index contributed by atoms with van der Waals surface area (Å²) in [5.74, 6) is 0.747. The van der Waals surface area contributed by atoms with Crippen LogP contribution in [0.15, 0.2) is 0 Å². The molecule has 2 atom stereocenters. The van der Waals surface area contributed by atoms with Gasteiger partial charge in [0.1, 0.15) is 0 Å². The van der Waals surface area contributed by atoms with Gasteiger partial charge in [-0.15, -0.1) is 0 Å². The first-order valence-electron chi connectivity index (χ1n) is 6.10. The summed E-state index contributed by atoms with van der Waals surface area (Å²) in [5.41, 5.74) is 0. The molecule has 0 saturated carbocycles. The fourth-order valence-corrected chi connectivity index (χ4v) is 1.93. The smallest absolute Gasteiger partial charge is 0.236 e. The van der Waals surface area contributed by atoms with E-state index >= 15 is 0 Å². The van der Waals surface area contributed by atoms with Crippen LogP contribution in [-0.2, 0) is 4.79 Å². The average Bonchev–Trinajstić information content (AvgIpc) is 2.19. The van der Waals surface area contributed by atoms with Crippen LogP contribution in [0, 0.1) is 5.92 Å². The molecule has 0 aliphatic rings. The van der Waals surface area contributed by atoms with E-state index < -0.39 is 0 Å². The third kappa shape index (κ3) is 5.17. The highest BCUT2D eigenvalue weighted by atomic mass is 16.2. The first kappa shape index (κ1) is 14.4. The van der Waals surface area contributed by atoms with E-state index in [1.807, 2.05) is 13.8 Å². The van der Waals surface area contributed by atoms with E-state index in [2.05, 4.69) is 31.4 Å². The molecule has 1 amide bonds. The Morgan fingerprint density at radius 3 is 2.07 bits per heavy atom. The quantitative estimate of drug-likeness (QED) is 0.680. The number of hydrogen-bond acceptors (Lipinski definition) is 2. The summed E-state index contributed by atoms with van der Waals surface area (Å²) in [6.07, 6.45) is 2.32. The molecule has 90 valence electrons. The molecule has 0 aromatic heterocycles. The molecule has 15 heavy (non-hydrogen) atoms. The minimum absolute atomic E-state index is 0.0929. The lowest BCUT2D eigenvalue weighted by Crippen LogP contribution is -2.47. The Labute approximate surface area is 94.0 Å². The number of likely N-dealkylation sites (N-methyl/N-ethyl adjacent to an activating group) is 1.